The highest BCUT2D eigenvalue weighted by Crippen LogP contribution is 2.08. The minimum absolute atomic E-state index is 0.190. The van der Waals surface area contributed by atoms with Crippen LogP contribution in [0.5, 0.6) is 0 Å². The lowest BCUT2D eigenvalue weighted by atomic mass is 10.1. The summed E-state index contributed by atoms with van der Waals surface area (Å²) in [6.45, 7) is 0. The summed E-state index contributed by atoms with van der Waals surface area (Å²) in [7, 11) is 0. The van der Waals surface area contributed by atoms with Gasteiger partial charge >= 0.3 is 0 Å². The zero-order valence-corrected chi connectivity index (χ0v) is 10.0. The Morgan fingerprint density at radius 3 is 2.26 bits per heavy atom. The number of nitriles is 1. The monoisotopic (exact) mass is 251 g/mol. The summed E-state index contributed by atoms with van der Waals surface area (Å²) in [4.78, 5) is 11.8. The Morgan fingerprint density at radius 2 is 1.68 bits per heavy atom. The van der Waals surface area contributed by atoms with Gasteiger partial charge in [-0.3, -0.25) is 4.79 Å². The van der Waals surface area contributed by atoms with E-state index in [0.29, 0.717) is 11.1 Å². The van der Waals surface area contributed by atoms with Gasteiger partial charge in [-0.05, 0) is 48.0 Å². The van der Waals surface area contributed by atoms with E-state index in [1.807, 2.05) is 6.07 Å². The number of rotatable bonds is 3. The predicted octanol–water partition coefficient (Wildman–Crippen LogP) is 3.59. The second-order valence-corrected chi connectivity index (χ2v) is 3.94. The van der Waals surface area contributed by atoms with Crippen LogP contribution in [0.2, 0.25) is 0 Å². The van der Waals surface area contributed by atoms with Crippen molar-refractivity contribution in [2.75, 3.05) is 0 Å². The molecule has 92 valence electrons. The smallest absolute Gasteiger partial charge is 0.185 e. The van der Waals surface area contributed by atoms with Crippen LogP contribution in [0, 0.1) is 17.1 Å². The van der Waals surface area contributed by atoms with Crippen LogP contribution in [0.4, 0.5) is 4.39 Å². The molecular weight excluding hydrogens is 241 g/mol. The Balaban J connectivity index is 2.11. The molecule has 3 heteroatoms. The Morgan fingerprint density at radius 1 is 1.05 bits per heavy atom. The minimum Gasteiger partial charge on any atom is -0.289 e. The van der Waals surface area contributed by atoms with Crippen LogP contribution in [0.25, 0.3) is 6.08 Å². The number of hydrogen-bond donors (Lipinski definition) is 0. The fraction of sp³-hybridized carbons (Fsp3) is 0. The second-order valence-electron chi connectivity index (χ2n) is 3.94. The molecule has 0 aliphatic heterocycles. The number of ketones is 1. The summed E-state index contributed by atoms with van der Waals surface area (Å²) in [5.41, 5.74) is 1.84. The number of benzene rings is 2. The molecule has 0 bridgehead atoms. The first kappa shape index (κ1) is 12.7. The third-order valence-electron chi connectivity index (χ3n) is 2.60. The van der Waals surface area contributed by atoms with E-state index in [4.69, 9.17) is 5.26 Å². The van der Waals surface area contributed by atoms with E-state index in [1.165, 1.54) is 30.3 Å². The van der Waals surface area contributed by atoms with Gasteiger partial charge in [0.1, 0.15) is 5.82 Å². The molecule has 2 aromatic rings. The van der Waals surface area contributed by atoms with E-state index in [-0.39, 0.29) is 11.6 Å². The van der Waals surface area contributed by atoms with Gasteiger partial charge < -0.3 is 0 Å². The van der Waals surface area contributed by atoms with Crippen molar-refractivity contribution >= 4 is 11.9 Å². The normalized spacial score (nSPS) is 10.3. The van der Waals surface area contributed by atoms with Crippen molar-refractivity contribution in [2.24, 2.45) is 0 Å². The molecule has 0 radical (unpaired) electrons. The topological polar surface area (TPSA) is 40.9 Å². The lowest BCUT2D eigenvalue weighted by Crippen LogP contribution is -1.93. The first-order valence-corrected chi connectivity index (χ1v) is 5.67. The molecule has 0 spiro atoms. The van der Waals surface area contributed by atoms with Crippen LogP contribution in [-0.4, -0.2) is 5.78 Å². The second kappa shape index (κ2) is 5.74. The van der Waals surface area contributed by atoms with Crippen molar-refractivity contribution < 1.29 is 9.18 Å². The van der Waals surface area contributed by atoms with Crippen LogP contribution in [0.3, 0.4) is 0 Å². The molecular formula is C16H10FNO. The lowest BCUT2D eigenvalue weighted by Gasteiger charge is -1.96. The summed E-state index contributed by atoms with van der Waals surface area (Å²) in [6, 6.07) is 14.3. The Kier molecular flexibility index (Phi) is 3.84. The zero-order valence-electron chi connectivity index (χ0n) is 10.0. The Bertz CT molecular complexity index is 649. The third-order valence-corrected chi connectivity index (χ3v) is 2.60. The zero-order chi connectivity index (χ0) is 13.7. The largest absolute Gasteiger partial charge is 0.289 e. The van der Waals surface area contributed by atoms with Gasteiger partial charge in [-0.2, -0.15) is 5.26 Å². The number of carbonyl (C=O) groups excluding carboxylic acids is 1. The summed E-state index contributed by atoms with van der Waals surface area (Å²) >= 11 is 0. The molecule has 0 heterocycles. The number of carbonyl (C=O) groups is 1. The van der Waals surface area contributed by atoms with Gasteiger partial charge in [-0.15, -0.1) is 0 Å². The van der Waals surface area contributed by atoms with Crippen LogP contribution in [0.1, 0.15) is 21.5 Å². The molecule has 0 aliphatic carbocycles. The Hall–Kier alpha value is -2.73. The first-order valence-electron chi connectivity index (χ1n) is 5.67. The van der Waals surface area contributed by atoms with E-state index in [0.717, 1.165) is 5.56 Å². The van der Waals surface area contributed by atoms with Crippen LogP contribution in [0.15, 0.2) is 54.6 Å². The van der Waals surface area contributed by atoms with E-state index in [1.54, 1.807) is 30.3 Å². The third kappa shape index (κ3) is 3.36. The maximum Gasteiger partial charge on any atom is 0.185 e. The quantitative estimate of drug-likeness (QED) is 0.617. The average Bonchev–Trinajstić information content (AvgIpc) is 2.46. The molecule has 0 aliphatic rings. The van der Waals surface area contributed by atoms with Crippen molar-refractivity contribution in [1.82, 2.24) is 0 Å². The summed E-state index contributed by atoms with van der Waals surface area (Å²) in [5.74, 6) is -0.558. The molecule has 19 heavy (non-hydrogen) atoms. The molecule has 0 N–H and O–H groups in total. The van der Waals surface area contributed by atoms with Crippen LogP contribution < -0.4 is 0 Å². The van der Waals surface area contributed by atoms with Gasteiger partial charge in [0, 0.05) is 5.56 Å². The molecule has 0 saturated heterocycles. The first-order chi connectivity index (χ1) is 9.19. The average molecular weight is 251 g/mol. The van der Waals surface area contributed by atoms with Crippen molar-refractivity contribution in [3.63, 3.8) is 0 Å². The molecule has 0 atom stereocenters. The van der Waals surface area contributed by atoms with Crippen molar-refractivity contribution in [3.8, 4) is 6.07 Å². The maximum absolute atomic E-state index is 12.7. The predicted molar refractivity (Wildman–Crippen MR) is 70.9 cm³/mol. The lowest BCUT2D eigenvalue weighted by molar-refractivity contribution is 0.104. The molecule has 0 unspecified atom stereocenters. The summed E-state index contributed by atoms with van der Waals surface area (Å²) in [6.07, 6.45) is 3.08. The van der Waals surface area contributed by atoms with E-state index < -0.39 is 0 Å². The molecule has 0 amide bonds. The van der Waals surface area contributed by atoms with Gasteiger partial charge in [-0.1, -0.05) is 18.2 Å². The van der Waals surface area contributed by atoms with E-state index >= 15 is 0 Å². The number of halogens is 1. The molecule has 2 nitrogen and oxygen atoms in total. The van der Waals surface area contributed by atoms with E-state index in [2.05, 4.69) is 0 Å². The van der Waals surface area contributed by atoms with Crippen molar-refractivity contribution in [1.29, 1.82) is 5.26 Å². The van der Waals surface area contributed by atoms with Crippen molar-refractivity contribution in [2.45, 2.75) is 0 Å². The van der Waals surface area contributed by atoms with Gasteiger partial charge in [-0.25, -0.2) is 4.39 Å². The van der Waals surface area contributed by atoms with E-state index in [9.17, 15) is 9.18 Å². The van der Waals surface area contributed by atoms with Crippen LogP contribution in [-0.2, 0) is 0 Å². The SMILES string of the molecule is N#Cc1ccc(/C=C\C(=O)c2ccc(F)cc2)cc1. The van der Waals surface area contributed by atoms with Gasteiger partial charge in [0.25, 0.3) is 0 Å². The van der Waals surface area contributed by atoms with Gasteiger partial charge in [0.15, 0.2) is 5.78 Å². The molecule has 0 fully saturated rings. The Labute approximate surface area is 110 Å². The minimum atomic E-state index is -0.368. The number of hydrogen-bond acceptors (Lipinski definition) is 2. The highest BCUT2D eigenvalue weighted by Gasteiger charge is 2.01. The van der Waals surface area contributed by atoms with Crippen LogP contribution >= 0.6 is 0 Å². The maximum atomic E-state index is 12.7. The summed E-state index contributed by atoms with van der Waals surface area (Å²) in [5, 5.41) is 8.66. The highest BCUT2D eigenvalue weighted by atomic mass is 19.1. The molecule has 0 aromatic heterocycles. The fourth-order valence-corrected chi connectivity index (χ4v) is 1.55. The standard InChI is InChI=1S/C16H10FNO/c17-15-8-6-14(7-9-15)16(19)10-5-12-1-3-13(11-18)4-2-12/h1-10H/b10-5-. The molecule has 2 aromatic carbocycles. The summed E-state index contributed by atoms with van der Waals surface area (Å²) < 4.78 is 12.7. The molecule has 0 saturated carbocycles. The molecule has 2 rings (SSSR count). The van der Waals surface area contributed by atoms with Gasteiger partial charge in [0.05, 0.1) is 11.6 Å². The van der Waals surface area contributed by atoms with Crippen molar-refractivity contribution in [3.05, 3.63) is 77.1 Å². The van der Waals surface area contributed by atoms with Gasteiger partial charge in [0.2, 0.25) is 0 Å². The number of nitrogens with zero attached hydrogens (tertiary/aromatic N) is 1. The highest BCUT2D eigenvalue weighted by molar-refractivity contribution is 6.06. The fourth-order valence-electron chi connectivity index (χ4n) is 1.55. The number of allylic oxidation sites excluding steroid dienone is 1.